The predicted molar refractivity (Wildman–Crippen MR) is 90.2 cm³/mol. The number of hydrogen-bond acceptors (Lipinski definition) is 1. The fourth-order valence-corrected chi connectivity index (χ4v) is 2.66. The van der Waals surface area contributed by atoms with Crippen molar-refractivity contribution in [2.24, 2.45) is 0 Å². The summed E-state index contributed by atoms with van der Waals surface area (Å²) in [7, 11) is 0. The van der Waals surface area contributed by atoms with Gasteiger partial charge in [-0.2, -0.15) is 0 Å². The van der Waals surface area contributed by atoms with Crippen molar-refractivity contribution in [1.82, 2.24) is 0 Å². The minimum absolute atomic E-state index is 0.217. The van der Waals surface area contributed by atoms with Crippen LogP contribution in [0.3, 0.4) is 0 Å². The van der Waals surface area contributed by atoms with Gasteiger partial charge < -0.3 is 4.74 Å². The van der Waals surface area contributed by atoms with Crippen LogP contribution in [0.4, 0.5) is 17.6 Å². The van der Waals surface area contributed by atoms with Gasteiger partial charge in [0.2, 0.25) is 0 Å². The average Bonchev–Trinajstić information content (AvgIpc) is 2.54. The molecular weight excluding hydrogens is 332 g/mol. The van der Waals surface area contributed by atoms with Crippen LogP contribution >= 0.6 is 0 Å². The topological polar surface area (TPSA) is 9.23 Å². The number of rotatable bonds is 8. The van der Waals surface area contributed by atoms with Crippen LogP contribution in [-0.4, -0.2) is 6.36 Å². The fourth-order valence-electron chi connectivity index (χ4n) is 2.66. The van der Waals surface area contributed by atoms with Gasteiger partial charge >= 0.3 is 6.36 Å². The second-order valence-electron chi connectivity index (χ2n) is 6.07. The molecule has 1 nitrogen and oxygen atoms in total. The van der Waals surface area contributed by atoms with Crippen LogP contribution in [0, 0.1) is 5.82 Å². The largest absolute Gasteiger partial charge is 0.573 e. The second-order valence-corrected chi connectivity index (χ2v) is 6.07. The van der Waals surface area contributed by atoms with E-state index in [-0.39, 0.29) is 11.6 Å². The van der Waals surface area contributed by atoms with E-state index >= 15 is 0 Å². The maximum atomic E-state index is 14.2. The third kappa shape index (κ3) is 6.77. The Morgan fingerprint density at radius 1 is 0.840 bits per heavy atom. The van der Waals surface area contributed by atoms with E-state index in [1.165, 1.54) is 12.1 Å². The molecule has 0 aromatic heterocycles. The van der Waals surface area contributed by atoms with E-state index in [4.69, 9.17) is 0 Å². The van der Waals surface area contributed by atoms with Gasteiger partial charge in [0.15, 0.2) is 0 Å². The van der Waals surface area contributed by atoms with Crippen LogP contribution in [0.1, 0.15) is 42.9 Å². The molecule has 136 valence electrons. The first-order chi connectivity index (χ1) is 11.9. The van der Waals surface area contributed by atoms with Crippen LogP contribution in [-0.2, 0) is 19.3 Å². The molecule has 0 saturated heterocycles. The standard InChI is InChI=1S/C20H22F4O/c1-2-3-4-5-16-7-11-17(19(21)14-16)10-6-15-8-12-18(13-9-15)25-20(22,23)24/h7-9,11-14H,2-6,10H2,1H3. The summed E-state index contributed by atoms with van der Waals surface area (Å²) in [6.07, 6.45) is 0.570. The molecule has 0 unspecified atom stereocenters. The van der Waals surface area contributed by atoms with Crippen molar-refractivity contribution < 1.29 is 22.3 Å². The molecule has 5 heteroatoms. The van der Waals surface area contributed by atoms with Gasteiger partial charge in [-0.05, 0) is 60.6 Å². The number of halogens is 4. The summed E-state index contributed by atoms with van der Waals surface area (Å²) in [5.41, 5.74) is 2.46. The minimum atomic E-state index is -4.69. The zero-order valence-corrected chi connectivity index (χ0v) is 14.2. The molecule has 0 fully saturated rings. The highest BCUT2D eigenvalue weighted by Crippen LogP contribution is 2.23. The van der Waals surface area contributed by atoms with Crippen LogP contribution < -0.4 is 4.74 Å². The zero-order valence-electron chi connectivity index (χ0n) is 14.2. The van der Waals surface area contributed by atoms with E-state index in [2.05, 4.69) is 11.7 Å². The number of aryl methyl sites for hydroxylation is 3. The Balaban J connectivity index is 1.90. The summed E-state index contributed by atoms with van der Waals surface area (Å²) in [5, 5.41) is 0. The Hall–Kier alpha value is -2.04. The highest BCUT2D eigenvalue weighted by atomic mass is 19.4. The van der Waals surface area contributed by atoms with Crippen LogP contribution in [0.5, 0.6) is 5.75 Å². The lowest BCUT2D eigenvalue weighted by atomic mass is 10.0. The quantitative estimate of drug-likeness (QED) is 0.403. The summed E-state index contributed by atoms with van der Waals surface area (Å²) in [6, 6.07) is 11.0. The predicted octanol–water partition coefficient (Wildman–Crippen LogP) is 6.24. The van der Waals surface area contributed by atoms with E-state index < -0.39 is 6.36 Å². The van der Waals surface area contributed by atoms with Gasteiger partial charge in [-0.25, -0.2) is 4.39 Å². The Morgan fingerprint density at radius 3 is 2.12 bits per heavy atom. The third-order valence-corrected chi connectivity index (χ3v) is 4.03. The molecule has 0 atom stereocenters. The molecule has 0 N–H and O–H groups in total. The Labute approximate surface area is 145 Å². The summed E-state index contributed by atoms with van der Waals surface area (Å²) in [4.78, 5) is 0. The van der Waals surface area contributed by atoms with Crippen LogP contribution in [0.25, 0.3) is 0 Å². The van der Waals surface area contributed by atoms with Crippen molar-refractivity contribution in [2.75, 3.05) is 0 Å². The van der Waals surface area contributed by atoms with Crippen molar-refractivity contribution >= 4 is 0 Å². The van der Waals surface area contributed by atoms with Crippen LogP contribution in [0.15, 0.2) is 42.5 Å². The minimum Gasteiger partial charge on any atom is -0.406 e. The summed E-state index contributed by atoms with van der Waals surface area (Å²) >= 11 is 0. The molecule has 0 aliphatic carbocycles. The molecule has 0 heterocycles. The van der Waals surface area contributed by atoms with E-state index in [0.717, 1.165) is 36.8 Å². The summed E-state index contributed by atoms with van der Waals surface area (Å²) in [5.74, 6) is -0.468. The monoisotopic (exact) mass is 354 g/mol. The molecule has 0 aliphatic heterocycles. The molecule has 2 aromatic rings. The van der Waals surface area contributed by atoms with Crippen molar-refractivity contribution in [3.63, 3.8) is 0 Å². The number of benzene rings is 2. The molecule has 2 aromatic carbocycles. The molecule has 0 saturated carbocycles. The Kier molecular flexibility index (Phi) is 6.85. The molecule has 0 bridgehead atoms. The Morgan fingerprint density at radius 2 is 1.52 bits per heavy atom. The zero-order chi connectivity index (χ0) is 18.3. The van der Waals surface area contributed by atoms with Gasteiger partial charge in [0, 0.05) is 0 Å². The fraction of sp³-hybridized carbons (Fsp3) is 0.400. The normalized spacial score (nSPS) is 11.6. The molecule has 0 spiro atoms. The van der Waals surface area contributed by atoms with E-state index in [0.29, 0.717) is 18.4 Å². The lowest BCUT2D eigenvalue weighted by Gasteiger charge is -2.10. The van der Waals surface area contributed by atoms with E-state index in [1.807, 2.05) is 6.07 Å². The van der Waals surface area contributed by atoms with Gasteiger partial charge in [-0.15, -0.1) is 13.2 Å². The number of hydrogen-bond donors (Lipinski definition) is 0. The van der Waals surface area contributed by atoms with Gasteiger partial charge in [0.05, 0.1) is 0 Å². The lowest BCUT2D eigenvalue weighted by Crippen LogP contribution is -2.17. The van der Waals surface area contributed by atoms with Gasteiger partial charge in [-0.1, -0.05) is 44.0 Å². The molecule has 0 aliphatic rings. The molecule has 0 amide bonds. The maximum absolute atomic E-state index is 14.2. The highest BCUT2D eigenvalue weighted by Gasteiger charge is 2.30. The van der Waals surface area contributed by atoms with Gasteiger partial charge in [0.25, 0.3) is 0 Å². The second kappa shape index (κ2) is 8.88. The smallest absolute Gasteiger partial charge is 0.406 e. The van der Waals surface area contributed by atoms with Gasteiger partial charge in [0.1, 0.15) is 11.6 Å². The summed E-state index contributed by atoms with van der Waals surface area (Å²) < 4.78 is 54.4. The third-order valence-electron chi connectivity index (χ3n) is 4.03. The first kappa shape index (κ1) is 19.3. The highest BCUT2D eigenvalue weighted by molar-refractivity contribution is 5.29. The van der Waals surface area contributed by atoms with Crippen molar-refractivity contribution in [2.45, 2.75) is 51.8 Å². The number of unbranched alkanes of at least 4 members (excludes halogenated alkanes) is 2. The maximum Gasteiger partial charge on any atom is 0.573 e. The first-order valence-corrected chi connectivity index (χ1v) is 8.49. The van der Waals surface area contributed by atoms with Crippen molar-refractivity contribution in [3.05, 3.63) is 65.0 Å². The summed E-state index contributed by atoms with van der Waals surface area (Å²) in [6.45, 7) is 2.13. The van der Waals surface area contributed by atoms with Gasteiger partial charge in [-0.3, -0.25) is 0 Å². The molecule has 2 rings (SSSR count). The number of alkyl halides is 3. The van der Waals surface area contributed by atoms with E-state index in [9.17, 15) is 17.6 Å². The lowest BCUT2D eigenvalue weighted by molar-refractivity contribution is -0.274. The Bertz CT molecular complexity index is 662. The van der Waals surface area contributed by atoms with Crippen LogP contribution in [0.2, 0.25) is 0 Å². The molecule has 25 heavy (non-hydrogen) atoms. The first-order valence-electron chi connectivity index (χ1n) is 8.49. The molecular formula is C20H22F4O. The van der Waals surface area contributed by atoms with Crippen molar-refractivity contribution in [3.8, 4) is 5.75 Å². The SMILES string of the molecule is CCCCCc1ccc(CCc2ccc(OC(F)(F)F)cc2)c(F)c1. The van der Waals surface area contributed by atoms with Crippen molar-refractivity contribution in [1.29, 1.82) is 0 Å². The molecule has 0 radical (unpaired) electrons. The number of ether oxygens (including phenoxy) is 1. The average molecular weight is 354 g/mol. The van der Waals surface area contributed by atoms with E-state index in [1.54, 1.807) is 24.3 Å².